The molecule has 0 radical (unpaired) electrons. The zero-order valence-electron chi connectivity index (χ0n) is 9.33. The van der Waals surface area contributed by atoms with E-state index in [-0.39, 0.29) is 19.3 Å². The van der Waals surface area contributed by atoms with E-state index < -0.39 is 0 Å². The Morgan fingerprint density at radius 2 is 2.00 bits per heavy atom. The van der Waals surface area contributed by atoms with Crippen LogP contribution in [-0.2, 0) is 0 Å². The highest BCUT2D eigenvalue weighted by atomic mass is 16.3. The van der Waals surface area contributed by atoms with Crippen LogP contribution < -0.4 is 5.32 Å². The van der Waals surface area contributed by atoms with Crippen molar-refractivity contribution in [1.29, 1.82) is 0 Å². The lowest BCUT2D eigenvalue weighted by molar-refractivity contribution is 0.229. The largest absolute Gasteiger partial charge is 0.396 e. The Labute approximate surface area is 90.8 Å². The number of hydrogen-bond acceptors (Lipinski definition) is 3. The van der Waals surface area contributed by atoms with Gasteiger partial charge in [0.25, 0.3) is 0 Å². The molecule has 0 spiro atoms. The number of benzene rings is 1. The second-order valence-electron chi connectivity index (χ2n) is 3.78. The smallest absolute Gasteiger partial charge is 0.0633 e. The number of nitrogens with one attached hydrogen (secondary N) is 1. The van der Waals surface area contributed by atoms with Gasteiger partial charge in [-0.25, -0.2) is 0 Å². The first-order chi connectivity index (χ1) is 7.19. The Kier molecular flexibility index (Phi) is 4.59. The summed E-state index contributed by atoms with van der Waals surface area (Å²) in [6.45, 7) is 4.22. The molecule has 3 nitrogen and oxygen atoms in total. The number of rotatable bonds is 5. The van der Waals surface area contributed by atoms with Crippen molar-refractivity contribution in [3.63, 3.8) is 0 Å². The molecule has 1 atom stereocenters. The molecule has 0 amide bonds. The van der Waals surface area contributed by atoms with Gasteiger partial charge in [-0.3, -0.25) is 0 Å². The fourth-order valence-electron chi connectivity index (χ4n) is 1.49. The number of aliphatic hydroxyl groups excluding tert-OH is 2. The molecule has 1 rings (SSSR count). The van der Waals surface area contributed by atoms with E-state index in [1.807, 2.05) is 19.1 Å². The predicted octanol–water partition coefficient (Wildman–Crippen LogP) is 1.46. The third kappa shape index (κ3) is 3.22. The quantitative estimate of drug-likeness (QED) is 0.688. The van der Waals surface area contributed by atoms with Gasteiger partial charge in [0.05, 0.1) is 12.6 Å². The van der Waals surface area contributed by atoms with Crippen LogP contribution in [0.3, 0.4) is 0 Å². The van der Waals surface area contributed by atoms with E-state index in [0.717, 1.165) is 5.69 Å². The van der Waals surface area contributed by atoms with Crippen LogP contribution in [0.1, 0.15) is 17.5 Å². The molecule has 0 saturated carbocycles. The molecule has 84 valence electrons. The van der Waals surface area contributed by atoms with Gasteiger partial charge in [-0.2, -0.15) is 0 Å². The molecule has 0 aromatic heterocycles. The lowest BCUT2D eigenvalue weighted by atomic mass is 10.1. The fraction of sp³-hybridized carbons (Fsp3) is 0.500. The highest BCUT2D eigenvalue weighted by Gasteiger charge is 2.08. The normalized spacial score (nSPS) is 12.5. The van der Waals surface area contributed by atoms with E-state index in [1.165, 1.54) is 11.1 Å². The first kappa shape index (κ1) is 12.0. The van der Waals surface area contributed by atoms with Gasteiger partial charge in [-0.05, 0) is 37.5 Å². The highest BCUT2D eigenvalue weighted by Crippen LogP contribution is 2.19. The Bertz CT molecular complexity index is 312. The molecule has 15 heavy (non-hydrogen) atoms. The van der Waals surface area contributed by atoms with Crippen molar-refractivity contribution in [2.24, 2.45) is 0 Å². The van der Waals surface area contributed by atoms with Gasteiger partial charge < -0.3 is 15.5 Å². The number of anilines is 1. The molecule has 0 bridgehead atoms. The molecular weight excluding hydrogens is 190 g/mol. The summed E-state index contributed by atoms with van der Waals surface area (Å²) in [5.41, 5.74) is 3.44. The van der Waals surface area contributed by atoms with Gasteiger partial charge in [0.1, 0.15) is 0 Å². The second-order valence-corrected chi connectivity index (χ2v) is 3.78. The third-order valence-corrected chi connectivity index (χ3v) is 2.66. The van der Waals surface area contributed by atoms with Crippen LogP contribution in [0.25, 0.3) is 0 Å². The minimum atomic E-state index is -0.0736. The molecule has 0 heterocycles. The maximum absolute atomic E-state index is 9.11. The van der Waals surface area contributed by atoms with Crippen LogP contribution in [0, 0.1) is 13.8 Å². The van der Waals surface area contributed by atoms with Crippen LogP contribution in [0.2, 0.25) is 0 Å². The van der Waals surface area contributed by atoms with E-state index >= 15 is 0 Å². The summed E-state index contributed by atoms with van der Waals surface area (Å²) in [5, 5.41) is 21.2. The van der Waals surface area contributed by atoms with Crippen molar-refractivity contribution in [3.8, 4) is 0 Å². The van der Waals surface area contributed by atoms with Gasteiger partial charge >= 0.3 is 0 Å². The molecule has 0 aliphatic rings. The van der Waals surface area contributed by atoms with Crippen molar-refractivity contribution >= 4 is 5.69 Å². The molecule has 1 aromatic carbocycles. The zero-order chi connectivity index (χ0) is 11.3. The summed E-state index contributed by atoms with van der Waals surface area (Å²) in [4.78, 5) is 0. The van der Waals surface area contributed by atoms with Crippen LogP contribution >= 0.6 is 0 Å². The Morgan fingerprint density at radius 1 is 1.27 bits per heavy atom. The van der Waals surface area contributed by atoms with Crippen molar-refractivity contribution in [2.75, 3.05) is 18.5 Å². The van der Waals surface area contributed by atoms with Crippen molar-refractivity contribution in [3.05, 3.63) is 29.3 Å². The maximum atomic E-state index is 9.11. The van der Waals surface area contributed by atoms with Gasteiger partial charge in [-0.15, -0.1) is 0 Å². The van der Waals surface area contributed by atoms with Crippen molar-refractivity contribution < 1.29 is 10.2 Å². The van der Waals surface area contributed by atoms with Crippen LogP contribution in [0.4, 0.5) is 5.69 Å². The van der Waals surface area contributed by atoms with E-state index in [1.54, 1.807) is 0 Å². The maximum Gasteiger partial charge on any atom is 0.0633 e. The SMILES string of the molecule is Cc1cccc(NC(CO)CCO)c1C. The predicted molar refractivity (Wildman–Crippen MR) is 62.1 cm³/mol. The van der Waals surface area contributed by atoms with Gasteiger partial charge in [0, 0.05) is 12.3 Å². The van der Waals surface area contributed by atoms with Crippen molar-refractivity contribution in [1.82, 2.24) is 0 Å². The molecule has 0 aliphatic carbocycles. The summed E-state index contributed by atoms with van der Waals surface area (Å²) in [6, 6.07) is 5.96. The van der Waals surface area contributed by atoms with E-state index in [4.69, 9.17) is 10.2 Å². The standard InChI is InChI=1S/C12H19NO2/c1-9-4-3-5-12(10(9)2)13-11(8-15)6-7-14/h3-5,11,13-15H,6-8H2,1-2H3. The van der Waals surface area contributed by atoms with Gasteiger partial charge in [0.15, 0.2) is 0 Å². The second kappa shape index (κ2) is 5.73. The molecule has 3 N–H and O–H groups in total. The third-order valence-electron chi connectivity index (χ3n) is 2.66. The van der Waals surface area contributed by atoms with Crippen molar-refractivity contribution in [2.45, 2.75) is 26.3 Å². The Hall–Kier alpha value is -1.06. The van der Waals surface area contributed by atoms with E-state index in [9.17, 15) is 0 Å². The van der Waals surface area contributed by atoms with Gasteiger partial charge in [0.2, 0.25) is 0 Å². The lowest BCUT2D eigenvalue weighted by Gasteiger charge is -2.18. The summed E-state index contributed by atoms with van der Waals surface area (Å²) >= 11 is 0. The highest BCUT2D eigenvalue weighted by molar-refractivity contribution is 5.54. The topological polar surface area (TPSA) is 52.5 Å². The molecule has 0 aliphatic heterocycles. The number of aryl methyl sites for hydroxylation is 1. The first-order valence-electron chi connectivity index (χ1n) is 5.23. The average molecular weight is 209 g/mol. The molecule has 0 fully saturated rings. The minimum Gasteiger partial charge on any atom is -0.396 e. The first-order valence-corrected chi connectivity index (χ1v) is 5.23. The number of aliphatic hydroxyl groups is 2. The monoisotopic (exact) mass is 209 g/mol. The number of hydrogen-bond donors (Lipinski definition) is 3. The Morgan fingerprint density at radius 3 is 2.60 bits per heavy atom. The lowest BCUT2D eigenvalue weighted by Crippen LogP contribution is -2.25. The molecule has 0 saturated heterocycles. The van der Waals surface area contributed by atoms with Gasteiger partial charge in [-0.1, -0.05) is 12.1 Å². The summed E-state index contributed by atoms with van der Waals surface area (Å²) in [6.07, 6.45) is 0.559. The fourth-order valence-corrected chi connectivity index (χ4v) is 1.49. The summed E-state index contributed by atoms with van der Waals surface area (Å²) < 4.78 is 0. The van der Waals surface area contributed by atoms with E-state index in [0.29, 0.717) is 6.42 Å². The van der Waals surface area contributed by atoms with Crippen LogP contribution in [0.5, 0.6) is 0 Å². The minimum absolute atomic E-state index is 0.0357. The molecule has 3 heteroatoms. The molecule has 1 aromatic rings. The van der Waals surface area contributed by atoms with E-state index in [2.05, 4.69) is 18.3 Å². The van der Waals surface area contributed by atoms with Crippen LogP contribution in [0.15, 0.2) is 18.2 Å². The summed E-state index contributed by atoms with van der Waals surface area (Å²) in [7, 11) is 0. The Balaban J connectivity index is 2.74. The summed E-state index contributed by atoms with van der Waals surface area (Å²) in [5.74, 6) is 0. The molecule has 1 unspecified atom stereocenters. The van der Waals surface area contributed by atoms with Crippen LogP contribution in [-0.4, -0.2) is 29.5 Å². The average Bonchev–Trinajstić information content (AvgIpc) is 2.24. The molecular formula is C12H19NO2. The zero-order valence-corrected chi connectivity index (χ0v) is 9.33.